The highest BCUT2D eigenvalue weighted by Gasteiger charge is 2.55. The summed E-state index contributed by atoms with van der Waals surface area (Å²) in [6.45, 7) is 3.78. The zero-order chi connectivity index (χ0) is 15.4. The fourth-order valence-electron chi connectivity index (χ4n) is 4.23. The van der Waals surface area contributed by atoms with Crippen molar-refractivity contribution in [3.63, 3.8) is 0 Å². The van der Waals surface area contributed by atoms with Gasteiger partial charge in [-0.25, -0.2) is 4.79 Å². The molecule has 0 saturated carbocycles. The summed E-state index contributed by atoms with van der Waals surface area (Å²) in [5.41, 5.74) is 0.472. The number of hydrogen-bond acceptors (Lipinski definition) is 5. The Hall–Kier alpha value is -1.79. The Balaban J connectivity index is 1.43. The first-order valence-corrected chi connectivity index (χ1v) is 8.97. The second-order valence-electron chi connectivity index (χ2n) is 6.72. The predicted octanol–water partition coefficient (Wildman–Crippen LogP) is 3.43. The van der Waals surface area contributed by atoms with E-state index in [1.165, 1.54) is 0 Å². The molecule has 0 N–H and O–H groups in total. The molecule has 0 radical (unpaired) electrons. The number of amides is 1. The number of hydrogen-bond donors (Lipinski definition) is 0. The van der Waals surface area contributed by atoms with Crippen molar-refractivity contribution in [3.8, 4) is 10.6 Å². The van der Waals surface area contributed by atoms with Crippen LogP contribution in [0.5, 0.6) is 0 Å². The van der Waals surface area contributed by atoms with Crippen molar-refractivity contribution in [1.82, 2.24) is 4.90 Å². The Morgan fingerprint density at radius 2 is 2.13 bits per heavy atom. The number of nitrogens with zero attached hydrogens (tertiary/aromatic N) is 2. The van der Waals surface area contributed by atoms with Crippen molar-refractivity contribution in [1.29, 1.82) is 0 Å². The molecule has 5 nitrogen and oxygen atoms in total. The van der Waals surface area contributed by atoms with Crippen molar-refractivity contribution >= 4 is 23.1 Å². The number of fused-ring (bicyclic) bond motifs is 2. The average molecular weight is 330 g/mol. The standard InChI is InChI=1S/C17H18N2O3S/c20-16-19(13-8-14(21-9-13)15-2-1-7-23-15)11-17(22-16)10-18-5-3-12(17)4-6-18/h1-2,7-9,12H,3-6,10-11H2/t17-/m1/s1. The molecular formula is C17H18N2O3S. The van der Waals surface area contributed by atoms with Crippen LogP contribution in [0.25, 0.3) is 10.6 Å². The van der Waals surface area contributed by atoms with Crippen LogP contribution in [0.2, 0.25) is 0 Å². The maximum atomic E-state index is 12.5. The van der Waals surface area contributed by atoms with Gasteiger partial charge in [0, 0.05) is 18.5 Å². The van der Waals surface area contributed by atoms with Gasteiger partial charge in [0.1, 0.15) is 17.6 Å². The van der Waals surface area contributed by atoms with E-state index in [1.807, 2.05) is 23.6 Å². The number of rotatable bonds is 2. The molecule has 6 heterocycles. The van der Waals surface area contributed by atoms with Gasteiger partial charge in [0.05, 0.1) is 17.1 Å². The third kappa shape index (κ3) is 2.05. The Kier molecular flexibility index (Phi) is 2.87. The second kappa shape index (κ2) is 4.85. The molecule has 23 heavy (non-hydrogen) atoms. The van der Waals surface area contributed by atoms with Gasteiger partial charge in [0.15, 0.2) is 0 Å². The van der Waals surface area contributed by atoms with Crippen LogP contribution in [0, 0.1) is 5.92 Å². The first-order chi connectivity index (χ1) is 11.2. The van der Waals surface area contributed by atoms with Crippen molar-refractivity contribution < 1.29 is 13.9 Å². The summed E-state index contributed by atoms with van der Waals surface area (Å²) in [5.74, 6) is 1.29. The molecule has 1 amide bonds. The normalized spacial score (nSPS) is 32.7. The monoisotopic (exact) mass is 330 g/mol. The van der Waals surface area contributed by atoms with E-state index >= 15 is 0 Å². The zero-order valence-electron chi connectivity index (χ0n) is 12.7. The van der Waals surface area contributed by atoms with Gasteiger partial charge in [-0.2, -0.15) is 0 Å². The van der Waals surface area contributed by atoms with E-state index in [1.54, 1.807) is 22.5 Å². The molecule has 2 bridgehead atoms. The van der Waals surface area contributed by atoms with Crippen LogP contribution in [-0.2, 0) is 4.74 Å². The lowest BCUT2D eigenvalue weighted by Crippen LogP contribution is -2.61. The molecule has 4 aliphatic rings. The second-order valence-corrected chi connectivity index (χ2v) is 7.66. The van der Waals surface area contributed by atoms with Crippen LogP contribution < -0.4 is 4.90 Å². The molecule has 4 saturated heterocycles. The number of furan rings is 1. The lowest BCUT2D eigenvalue weighted by molar-refractivity contribution is -0.0881. The molecule has 0 aliphatic carbocycles. The Morgan fingerprint density at radius 3 is 2.83 bits per heavy atom. The molecule has 6 heteroatoms. The van der Waals surface area contributed by atoms with Crippen molar-refractivity contribution in [3.05, 3.63) is 29.8 Å². The number of anilines is 1. The summed E-state index contributed by atoms with van der Waals surface area (Å²) >= 11 is 1.63. The van der Waals surface area contributed by atoms with Crippen LogP contribution >= 0.6 is 11.3 Å². The number of ether oxygens (including phenoxy) is 1. The lowest BCUT2D eigenvalue weighted by Gasteiger charge is -2.49. The summed E-state index contributed by atoms with van der Waals surface area (Å²) in [6, 6.07) is 5.95. The smallest absolute Gasteiger partial charge is 0.415 e. The SMILES string of the molecule is O=C1O[C@]2(CN3CCC2CC3)CN1c1coc(-c2cccs2)c1. The molecule has 2 aromatic rings. The third-order valence-corrected chi connectivity index (χ3v) is 6.31. The Labute approximate surface area is 138 Å². The highest BCUT2D eigenvalue weighted by molar-refractivity contribution is 7.13. The van der Waals surface area contributed by atoms with Crippen LogP contribution in [-0.4, -0.2) is 42.8 Å². The molecule has 120 valence electrons. The fraction of sp³-hybridized carbons (Fsp3) is 0.471. The number of carbonyl (C=O) groups is 1. The van der Waals surface area contributed by atoms with E-state index in [9.17, 15) is 4.79 Å². The topological polar surface area (TPSA) is 45.9 Å². The average Bonchev–Trinajstić information content (AvgIpc) is 3.28. The zero-order valence-corrected chi connectivity index (χ0v) is 13.6. The third-order valence-electron chi connectivity index (χ3n) is 5.42. The van der Waals surface area contributed by atoms with Gasteiger partial charge in [-0.1, -0.05) is 6.07 Å². The molecule has 1 spiro atoms. The highest BCUT2D eigenvalue weighted by atomic mass is 32.1. The molecule has 4 fully saturated rings. The molecule has 1 atom stereocenters. The minimum atomic E-state index is -0.325. The van der Waals surface area contributed by atoms with E-state index < -0.39 is 0 Å². The quantitative estimate of drug-likeness (QED) is 0.846. The van der Waals surface area contributed by atoms with Gasteiger partial charge in [0.2, 0.25) is 0 Å². The molecular weight excluding hydrogens is 312 g/mol. The minimum absolute atomic E-state index is 0.239. The first-order valence-electron chi connectivity index (χ1n) is 8.09. The van der Waals surface area contributed by atoms with Gasteiger partial charge < -0.3 is 9.15 Å². The number of piperidine rings is 3. The fourth-order valence-corrected chi connectivity index (χ4v) is 4.91. The Morgan fingerprint density at radius 1 is 1.26 bits per heavy atom. The summed E-state index contributed by atoms with van der Waals surface area (Å²) in [6.07, 6.45) is 3.69. The van der Waals surface area contributed by atoms with Crippen molar-refractivity contribution in [2.45, 2.75) is 18.4 Å². The van der Waals surface area contributed by atoms with E-state index in [4.69, 9.17) is 9.15 Å². The van der Waals surface area contributed by atoms with Gasteiger partial charge >= 0.3 is 6.09 Å². The van der Waals surface area contributed by atoms with Crippen molar-refractivity contribution in [2.75, 3.05) is 31.1 Å². The van der Waals surface area contributed by atoms with Gasteiger partial charge in [-0.3, -0.25) is 9.80 Å². The maximum absolute atomic E-state index is 12.5. The number of carbonyl (C=O) groups excluding carboxylic acids is 1. The summed E-state index contributed by atoms with van der Waals surface area (Å²) < 4.78 is 11.6. The van der Waals surface area contributed by atoms with Crippen LogP contribution in [0.3, 0.4) is 0 Å². The van der Waals surface area contributed by atoms with Gasteiger partial charge in [-0.05, 0) is 37.4 Å². The molecule has 6 rings (SSSR count). The largest absolute Gasteiger partial charge is 0.461 e. The minimum Gasteiger partial charge on any atom is -0.461 e. The van der Waals surface area contributed by atoms with Crippen LogP contribution in [0.15, 0.2) is 34.3 Å². The van der Waals surface area contributed by atoms with Gasteiger partial charge in [-0.15, -0.1) is 11.3 Å². The number of thiophene rings is 1. The summed E-state index contributed by atoms with van der Waals surface area (Å²) in [7, 11) is 0. The lowest BCUT2D eigenvalue weighted by atomic mass is 9.75. The summed E-state index contributed by atoms with van der Waals surface area (Å²) in [5, 5.41) is 2.02. The van der Waals surface area contributed by atoms with Crippen LogP contribution in [0.1, 0.15) is 12.8 Å². The molecule has 0 aromatic carbocycles. The molecule has 0 unspecified atom stereocenters. The maximum Gasteiger partial charge on any atom is 0.415 e. The van der Waals surface area contributed by atoms with E-state index in [0.717, 1.165) is 48.8 Å². The Bertz CT molecular complexity index is 733. The van der Waals surface area contributed by atoms with Crippen molar-refractivity contribution in [2.24, 2.45) is 5.92 Å². The first kappa shape index (κ1) is 13.6. The van der Waals surface area contributed by atoms with Crippen LogP contribution in [0.4, 0.5) is 10.5 Å². The highest BCUT2D eigenvalue weighted by Crippen LogP contribution is 2.44. The molecule has 2 aromatic heterocycles. The van der Waals surface area contributed by atoms with E-state index in [2.05, 4.69) is 4.90 Å². The predicted molar refractivity (Wildman–Crippen MR) is 87.7 cm³/mol. The molecule has 4 aliphatic heterocycles. The van der Waals surface area contributed by atoms with E-state index in [0.29, 0.717) is 12.5 Å². The van der Waals surface area contributed by atoms with E-state index in [-0.39, 0.29) is 11.7 Å². The van der Waals surface area contributed by atoms with Gasteiger partial charge in [0.25, 0.3) is 0 Å². The summed E-state index contributed by atoms with van der Waals surface area (Å²) in [4.78, 5) is 17.7.